The van der Waals surface area contributed by atoms with Gasteiger partial charge in [0.15, 0.2) is 0 Å². The number of para-hydroxylation sites is 1. The van der Waals surface area contributed by atoms with Crippen molar-refractivity contribution in [3.05, 3.63) is 89.5 Å². The number of methoxy groups -OCH3 is 1. The van der Waals surface area contributed by atoms with Crippen LogP contribution in [-0.2, 0) is 10.2 Å². The highest BCUT2D eigenvalue weighted by molar-refractivity contribution is 6.07. The van der Waals surface area contributed by atoms with Gasteiger partial charge in [0.05, 0.1) is 12.2 Å². The van der Waals surface area contributed by atoms with Gasteiger partial charge in [0, 0.05) is 24.0 Å². The summed E-state index contributed by atoms with van der Waals surface area (Å²) in [7, 11) is 1.59. The molecule has 6 heteroatoms. The van der Waals surface area contributed by atoms with Gasteiger partial charge >= 0.3 is 0 Å². The minimum atomic E-state index is -0.302. The Balaban J connectivity index is 1.68. The highest BCUT2D eigenvalue weighted by Crippen LogP contribution is 2.24. The van der Waals surface area contributed by atoms with Crippen LogP contribution in [0.25, 0.3) is 0 Å². The zero-order chi connectivity index (χ0) is 23.8. The van der Waals surface area contributed by atoms with Gasteiger partial charge in [-0.3, -0.25) is 9.59 Å². The molecule has 0 heterocycles. The van der Waals surface area contributed by atoms with E-state index in [1.54, 1.807) is 49.6 Å². The van der Waals surface area contributed by atoms with Crippen LogP contribution in [0.1, 0.15) is 47.1 Å². The van der Waals surface area contributed by atoms with Crippen LogP contribution in [0.3, 0.4) is 0 Å². The molecule has 0 bridgehead atoms. The van der Waals surface area contributed by atoms with Gasteiger partial charge in [0.2, 0.25) is 0 Å². The van der Waals surface area contributed by atoms with Crippen molar-refractivity contribution in [3.8, 4) is 5.75 Å². The monoisotopic (exact) mass is 446 g/mol. The fourth-order valence-corrected chi connectivity index (χ4v) is 3.21. The SMILES string of the molecule is COCCOc1ccccc1C(=O)Nc1cccc(NC(=O)c2ccc(C(C)(C)C)cc2)c1. The van der Waals surface area contributed by atoms with Crippen molar-refractivity contribution in [1.29, 1.82) is 0 Å². The molecule has 0 atom stereocenters. The summed E-state index contributed by atoms with van der Waals surface area (Å²) in [6.45, 7) is 7.17. The average Bonchev–Trinajstić information content (AvgIpc) is 2.79. The average molecular weight is 447 g/mol. The predicted molar refractivity (Wildman–Crippen MR) is 131 cm³/mol. The molecular weight excluding hydrogens is 416 g/mol. The molecule has 0 saturated heterocycles. The van der Waals surface area contributed by atoms with Gasteiger partial charge in [-0.25, -0.2) is 0 Å². The molecule has 0 spiro atoms. The Morgan fingerprint density at radius 1 is 0.788 bits per heavy atom. The minimum Gasteiger partial charge on any atom is -0.490 e. The van der Waals surface area contributed by atoms with Crippen molar-refractivity contribution >= 4 is 23.2 Å². The maximum absolute atomic E-state index is 12.8. The minimum absolute atomic E-state index is 0.0228. The Hall–Kier alpha value is -3.64. The lowest BCUT2D eigenvalue weighted by molar-refractivity contribution is 0.101. The third kappa shape index (κ3) is 6.67. The summed E-state index contributed by atoms with van der Waals surface area (Å²) in [5.41, 5.74) is 3.32. The number of benzene rings is 3. The van der Waals surface area contributed by atoms with Crippen LogP contribution in [0.2, 0.25) is 0 Å². The number of carbonyl (C=O) groups excluding carboxylic acids is 2. The second-order valence-corrected chi connectivity index (χ2v) is 8.65. The van der Waals surface area contributed by atoms with E-state index in [9.17, 15) is 9.59 Å². The largest absolute Gasteiger partial charge is 0.490 e. The lowest BCUT2D eigenvalue weighted by Crippen LogP contribution is -2.16. The molecule has 0 radical (unpaired) electrons. The molecule has 0 aliphatic heterocycles. The second-order valence-electron chi connectivity index (χ2n) is 8.65. The Morgan fingerprint density at radius 3 is 2.06 bits per heavy atom. The van der Waals surface area contributed by atoms with Crippen LogP contribution in [0.4, 0.5) is 11.4 Å². The van der Waals surface area contributed by atoms with Crippen molar-refractivity contribution in [3.63, 3.8) is 0 Å². The van der Waals surface area contributed by atoms with E-state index in [1.807, 2.05) is 30.3 Å². The number of hydrogen-bond donors (Lipinski definition) is 2. The van der Waals surface area contributed by atoms with Gasteiger partial charge in [-0.1, -0.05) is 51.1 Å². The van der Waals surface area contributed by atoms with Gasteiger partial charge in [-0.05, 0) is 53.4 Å². The summed E-state index contributed by atoms with van der Waals surface area (Å²) in [6, 6.07) is 21.6. The van der Waals surface area contributed by atoms with Crippen LogP contribution < -0.4 is 15.4 Å². The zero-order valence-corrected chi connectivity index (χ0v) is 19.5. The van der Waals surface area contributed by atoms with Crippen molar-refractivity contribution in [2.75, 3.05) is 31.0 Å². The van der Waals surface area contributed by atoms with Gasteiger partial charge in [0.1, 0.15) is 12.4 Å². The standard InChI is InChI=1S/C27H30N2O4/c1-27(2,3)20-14-12-19(13-15-20)25(30)28-21-8-7-9-22(18-21)29-26(31)23-10-5-6-11-24(23)33-17-16-32-4/h5-15,18H,16-17H2,1-4H3,(H,28,30)(H,29,31). The third-order valence-electron chi connectivity index (χ3n) is 5.07. The van der Waals surface area contributed by atoms with E-state index < -0.39 is 0 Å². The van der Waals surface area contributed by atoms with Crippen LogP contribution in [0.5, 0.6) is 5.75 Å². The van der Waals surface area contributed by atoms with Gasteiger partial charge < -0.3 is 20.1 Å². The van der Waals surface area contributed by atoms with Crippen molar-refractivity contribution < 1.29 is 19.1 Å². The molecule has 2 N–H and O–H groups in total. The number of nitrogens with one attached hydrogen (secondary N) is 2. The molecule has 0 unspecified atom stereocenters. The highest BCUT2D eigenvalue weighted by atomic mass is 16.5. The molecule has 3 aromatic carbocycles. The van der Waals surface area contributed by atoms with Gasteiger partial charge in [-0.15, -0.1) is 0 Å². The molecule has 2 amide bonds. The summed E-state index contributed by atoms with van der Waals surface area (Å²) < 4.78 is 10.6. The molecule has 0 fully saturated rings. The third-order valence-corrected chi connectivity index (χ3v) is 5.07. The number of amides is 2. The van der Waals surface area contributed by atoms with E-state index >= 15 is 0 Å². The summed E-state index contributed by atoms with van der Waals surface area (Å²) >= 11 is 0. The zero-order valence-electron chi connectivity index (χ0n) is 19.5. The molecule has 0 aliphatic rings. The smallest absolute Gasteiger partial charge is 0.259 e. The van der Waals surface area contributed by atoms with Crippen molar-refractivity contribution in [2.24, 2.45) is 0 Å². The highest BCUT2D eigenvalue weighted by Gasteiger charge is 2.15. The van der Waals surface area contributed by atoms with Crippen LogP contribution in [-0.4, -0.2) is 32.1 Å². The molecule has 0 saturated carbocycles. The number of carbonyl (C=O) groups is 2. The molecule has 33 heavy (non-hydrogen) atoms. The van der Waals surface area contributed by atoms with E-state index in [4.69, 9.17) is 9.47 Å². The first kappa shape index (κ1) is 24.0. The molecule has 0 aliphatic carbocycles. The fourth-order valence-electron chi connectivity index (χ4n) is 3.21. The summed E-state index contributed by atoms with van der Waals surface area (Å²) in [5.74, 6) is -0.0321. The first-order valence-corrected chi connectivity index (χ1v) is 10.8. The molecule has 6 nitrogen and oxygen atoms in total. The maximum Gasteiger partial charge on any atom is 0.259 e. The Labute approximate surface area is 194 Å². The molecule has 3 aromatic rings. The van der Waals surface area contributed by atoms with Crippen LogP contribution in [0.15, 0.2) is 72.8 Å². The van der Waals surface area contributed by atoms with E-state index in [2.05, 4.69) is 31.4 Å². The maximum atomic E-state index is 12.8. The topological polar surface area (TPSA) is 76.7 Å². The van der Waals surface area contributed by atoms with Crippen molar-refractivity contribution in [2.45, 2.75) is 26.2 Å². The number of ether oxygens (including phenoxy) is 2. The number of rotatable bonds is 8. The number of hydrogen-bond acceptors (Lipinski definition) is 4. The summed E-state index contributed by atoms with van der Waals surface area (Å²) in [6.07, 6.45) is 0. The van der Waals surface area contributed by atoms with E-state index in [1.165, 1.54) is 0 Å². The summed E-state index contributed by atoms with van der Waals surface area (Å²) in [4.78, 5) is 25.5. The lowest BCUT2D eigenvalue weighted by atomic mass is 9.87. The molecular formula is C27H30N2O4. The normalized spacial score (nSPS) is 11.0. The Morgan fingerprint density at radius 2 is 1.42 bits per heavy atom. The van der Waals surface area contributed by atoms with E-state index in [0.29, 0.717) is 41.5 Å². The molecule has 0 aromatic heterocycles. The quantitative estimate of drug-likeness (QED) is 0.447. The molecule has 3 rings (SSSR count). The second kappa shape index (κ2) is 10.8. The van der Waals surface area contributed by atoms with E-state index in [-0.39, 0.29) is 17.2 Å². The van der Waals surface area contributed by atoms with Crippen LogP contribution >= 0.6 is 0 Å². The predicted octanol–water partition coefficient (Wildman–Crippen LogP) is 5.51. The Kier molecular flexibility index (Phi) is 7.85. The number of anilines is 2. The summed E-state index contributed by atoms with van der Waals surface area (Å²) in [5, 5.41) is 5.75. The fraction of sp³-hybridized carbons (Fsp3) is 0.259. The molecule has 172 valence electrons. The Bertz CT molecular complexity index is 1100. The van der Waals surface area contributed by atoms with E-state index in [0.717, 1.165) is 5.56 Å². The van der Waals surface area contributed by atoms with Crippen molar-refractivity contribution in [1.82, 2.24) is 0 Å². The van der Waals surface area contributed by atoms with Gasteiger partial charge in [-0.2, -0.15) is 0 Å². The van der Waals surface area contributed by atoms with Crippen LogP contribution in [0, 0.1) is 0 Å². The first-order valence-electron chi connectivity index (χ1n) is 10.8. The van der Waals surface area contributed by atoms with Gasteiger partial charge in [0.25, 0.3) is 11.8 Å². The lowest BCUT2D eigenvalue weighted by Gasteiger charge is -2.19. The first-order chi connectivity index (χ1) is 15.8.